The molecule has 0 aliphatic heterocycles. The topological polar surface area (TPSA) is 87.8 Å². The van der Waals surface area contributed by atoms with Crippen LogP contribution in [0.5, 0.6) is 0 Å². The van der Waals surface area contributed by atoms with Gasteiger partial charge in [0.1, 0.15) is 17.4 Å². The van der Waals surface area contributed by atoms with Crippen molar-refractivity contribution in [3.8, 4) is 6.07 Å². The van der Waals surface area contributed by atoms with Crippen LogP contribution in [0.1, 0.15) is 29.3 Å². The average molecular weight is 413 g/mol. The fourth-order valence-electron chi connectivity index (χ4n) is 3.52. The number of aromatic nitrogens is 2. The molecule has 1 atom stereocenters. The lowest BCUT2D eigenvalue weighted by Gasteiger charge is -2.17. The molecule has 0 unspecified atom stereocenters. The fourth-order valence-corrected chi connectivity index (χ4v) is 5.08. The minimum absolute atomic E-state index is 0.138. The summed E-state index contributed by atoms with van der Waals surface area (Å²) in [5.74, 6) is 0.259. The zero-order valence-corrected chi connectivity index (χ0v) is 16.7. The zero-order chi connectivity index (χ0) is 19.8. The van der Waals surface area contributed by atoms with Gasteiger partial charge in [0.05, 0.1) is 22.3 Å². The maximum absolute atomic E-state index is 13.0. The van der Waals surface area contributed by atoms with E-state index < -0.39 is 0 Å². The third-order valence-corrected chi connectivity index (χ3v) is 6.44. The van der Waals surface area contributed by atoms with Crippen molar-refractivity contribution in [2.24, 2.45) is 5.92 Å². The number of rotatable bonds is 3. The molecule has 142 valence electrons. The van der Waals surface area contributed by atoms with Crippen LogP contribution in [0.3, 0.4) is 0 Å². The van der Waals surface area contributed by atoms with E-state index in [0.29, 0.717) is 22.6 Å². The van der Waals surface area contributed by atoms with Crippen LogP contribution in [0.15, 0.2) is 29.3 Å². The quantitative estimate of drug-likeness (QED) is 0.709. The predicted octanol–water partition coefficient (Wildman–Crippen LogP) is 3.75. The SMILES string of the molecule is C[C@@H]1CCc2c(sc3ncn(CC(=O)Nc4ccc(C#N)c(Cl)c4)c(=O)c23)C1. The summed E-state index contributed by atoms with van der Waals surface area (Å²) in [5, 5.41) is 12.5. The number of hydrogen-bond donors (Lipinski definition) is 1. The minimum atomic E-state index is -0.359. The lowest BCUT2D eigenvalue weighted by atomic mass is 9.89. The molecule has 1 aliphatic rings. The Morgan fingerprint density at radius 1 is 1.50 bits per heavy atom. The molecule has 3 aromatic rings. The highest BCUT2D eigenvalue weighted by molar-refractivity contribution is 7.18. The highest BCUT2D eigenvalue weighted by Gasteiger charge is 2.23. The van der Waals surface area contributed by atoms with Crippen molar-refractivity contribution in [3.05, 3.63) is 55.9 Å². The van der Waals surface area contributed by atoms with Gasteiger partial charge in [0, 0.05) is 10.6 Å². The zero-order valence-electron chi connectivity index (χ0n) is 15.2. The number of anilines is 1. The number of nitriles is 1. The third kappa shape index (κ3) is 3.41. The van der Waals surface area contributed by atoms with Gasteiger partial charge in [-0.2, -0.15) is 5.26 Å². The molecule has 8 heteroatoms. The number of aryl methyl sites for hydroxylation is 1. The first-order valence-corrected chi connectivity index (χ1v) is 10.1. The Morgan fingerprint density at radius 3 is 3.07 bits per heavy atom. The molecule has 6 nitrogen and oxygen atoms in total. The Balaban J connectivity index is 1.59. The van der Waals surface area contributed by atoms with Crippen LogP contribution in [-0.2, 0) is 24.2 Å². The van der Waals surface area contributed by atoms with Gasteiger partial charge in [0.2, 0.25) is 5.91 Å². The highest BCUT2D eigenvalue weighted by atomic mass is 35.5. The van der Waals surface area contributed by atoms with Gasteiger partial charge in [-0.15, -0.1) is 11.3 Å². The number of fused-ring (bicyclic) bond motifs is 3. The number of carbonyl (C=O) groups excluding carboxylic acids is 1. The summed E-state index contributed by atoms with van der Waals surface area (Å²) in [4.78, 5) is 31.8. The molecule has 0 saturated carbocycles. The average Bonchev–Trinajstić information content (AvgIpc) is 3.02. The highest BCUT2D eigenvalue weighted by Crippen LogP contribution is 2.35. The summed E-state index contributed by atoms with van der Waals surface area (Å²) in [5.41, 5.74) is 1.73. The summed E-state index contributed by atoms with van der Waals surface area (Å²) in [6.45, 7) is 2.08. The molecule has 0 saturated heterocycles. The second-order valence-corrected chi connectivity index (χ2v) is 8.55. The molecule has 1 aliphatic carbocycles. The van der Waals surface area contributed by atoms with Crippen molar-refractivity contribution in [3.63, 3.8) is 0 Å². The van der Waals surface area contributed by atoms with Crippen LogP contribution in [0.4, 0.5) is 5.69 Å². The molecule has 0 bridgehead atoms. The Hall–Kier alpha value is -2.69. The first-order chi connectivity index (χ1) is 13.5. The van der Waals surface area contributed by atoms with E-state index in [9.17, 15) is 9.59 Å². The molecule has 2 aromatic heterocycles. The number of amides is 1. The molecule has 1 aromatic carbocycles. The third-order valence-electron chi connectivity index (χ3n) is 4.97. The molecule has 4 rings (SSSR count). The smallest absolute Gasteiger partial charge is 0.262 e. The molecule has 1 N–H and O–H groups in total. The van der Waals surface area contributed by atoms with Gasteiger partial charge >= 0.3 is 0 Å². The van der Waals surface area contributed by atoms with E-state index in [0.717, 1.165) is 29.7 Å². The number of halogens is 1. The van der Waals surface area contributed by atoms with Crippen LogP contribution in [0, 0.1) is 17.2 Å². The normalized spacial score (nSPS) is 15.8. The summed E-state index contributed by atoms with van der Waals surface area (Å²) in [6, 6.07) is 6.62. The molecule has 28 heavy (non-hydrogen) atoms. The number of benzene rings is 1. The van der Waals surface area contributed by atoms with Crippen LogP contribution < -0.4 is 10.9 Å². The van der Waals surface area contributed by atoms with E-state index in [2.05, 4.69) is 17.2 Å². The van der Waals surface area contributed by atoms with Crippen molar-refractivity contribution >= 4 is 44.7 Å². The van der Waals surface area contributed by atoms with Crippen LogP contribution in [-0.4, -0.2) is 15.5 Å². The van der Waals surface area contributed by atoms with Crippen molar-refractivity contribution in [1.82, 2.24) is 9.55 Å². The van der Waals surface area contributed by atoms with E-state index >= 15 is 0 Å². The van der Waals surface area contributed by atoms with Crippen molar-refractivity contribution in [2.45, 2.75) is 32.7 Å². The van der Waals surface area contributed by atoms with Crippen molar-refractivity contribution < 1.29 is 4.79 Å². The van der Waals surface area contributed by atoms with Gasteiger partial charge in [0.15, 0.2) is 0 Å². The second kappa shape index (κ2) is 7.38. The number of hydrogen-bond acceptors (Lipinski definition) is 5. The van der Waals surface area contributed by atoms with Gasteiger partial charge in [-0.05, 0) is 48.9 Å². The predicted molar refractivity (Wildman–Crippen MR) is 110 cm³/mol. The van der Waals surface area contributed by atoms with Gasteiger partial charge in [-0.25, -0.2) is 4.98 Å². The molecular weight excluding hydrogens is 396 g/mol. The van der Waals surface area contributed by atoms with E-state index in [1.165, 1.54) is 27.9 Å². The lowest BCUT2D eigenvalue weighted by molar-refractivity contribution is -0.116. The maximum Gasteiger partial charge on any atom is 0.262 e. The molecule has 2 heterocycles. The van der Waals surface area contributed by atoms with E-state index in [1.54, 1.807) is 17.4 Å². The van der Waals surface area contributed by atoms with E-state index in [-0.39, 0.29) is 23.0 Å². The Labute approximate surface area is 170 Å². The fraction of sp³-hybridized carbons (Fsp3) is 0.300. The van der Waals surface area contributed by atoms with Gasteiger partial charge in [-0.1, -0.05) is 18.5 Å². The van der Waals surface area contributed by atoms with E-state index in [4.69, 9.17) is 16.9 Å². The summed E-state index contributed by atoms with van der Waals surface area (Å²) in [7, 11) is 0. The molecule has 0 spiro atoms. The molecule has 1 amide bonds. The summed E-state index contributed by atoms with van der Waals surface area (Å²) in [6.07, 6.45) is 4.36. The number of nitrogens with zero attached hydrogens (tertiary/aromatic N) is 3. The number of carbonyl (C=O) groups is 1. The van der Waals surface area contributed by atoms with Crippen molar-refractivity contribution in [2.75, 3.05) is 5.32 Å². The van der Waals surface area contributed by atoms with E-state index in [1.807, 2.05) is 6.07 Å². The molecule has 0 fully saturated rings. The Bertz CT molecular complexity index is 1190. The van der Waals surface area contributed by atoms with Gasteiger partial charge in [-0.3, -0.25) is 14.2 Å². The van der Waals surface area contributed by atoms with Crippen LogP contribution in [0.2, 0.25) is 5.02 Å². The first kappa shape index (κ1) is 18.7. The molecular formula is C20H17ClN4O2S. The second-order valence-electron chi connectivity index (χ2n) is 7.06. The van der Waals surface area contributed by atoms with Crippen LogP contribution in [0.25, 0.3) is 10.2 Å². The van der Waals surface area contributed by atoms with Gasteiger partial charge in [0.25, 0.3) is 5.56 Å². The monoisotopic (exact) mass is 412 g/mol. The minimum Gasteiger partial charge on any atom is -0.324 e. The standard InChI is InChI=1S/C20H17ClN4O2S/c1-11-2-5-14-16(6-11)28-19-18(14)20(27)25(10-23-19)9-17(26)24-13-4-3-12(8-22)15(21)7-13/h3-4,7,10-11H,2,5-6,9H2,1H3,(H,24,26)/t11-/m1/s1. The number of thiophene rings is 1. The maximum atomic E-state index is 13.0. The largest absolute Gasteiger partial charge is 0.324 e. The lowest BCUT2D eigenvalue weighted by Crippen LogP contribution is -2.28. The molecule has 0 radical (unpaired) electrons. The number of nitrogens with one attached hydrogen (secondary N) is 1. The summed E-state index contributed by atoms with van der Waals surface area (Å²) >= 11 is 7.58. The van der Waals surface area contributed by atoms with Gasteiger partial charge < -0.3 is 5.32 Å². The Kier molecular flexibility index (Phi) is 4.92. The van der Waals surface area contributed by atoms with Crippen molar-refractivity contribution in [1.29, 1.82) is 5.26 Å². The first-order valence-electron chi connectivity index (χ1n) is 8.95. The van der Waals surface area contributed by atoms with Crippen LogP contribution >= 0.6 is 22.9 Å². The Morgan fingerprint density at radius 2 is 2.32 bits per heavy atom. The summed E-state index contributed by atoms with van der Waals surface area (Å²) < 4.78 is 1.34.